The van der Waals surface area contributed by atoms with E-state index >= 15 is 0 Å². The van der Waals surface area contributed by atoms with Gasteiger partial charge in [-0.2, -0.15) is 0 Å². The van der Waals surface area contributed by atoms with Crippen molar-refractivity contribution < 1.29 is 19.4 Å². The Morgan fingerprint density at radius 3 is 1.89 bits per heavy atom. The van der Waals surface area contributed by atoms with Crippen LogP contribution in [0.2, 0.25) is 0 Å². The lowest BCUT2D eigenvalue weighted by molar-refractivity contribution is -0.154. The van der Waals surface area contributed by atoms with Crippen LogP contribution in [0.1, 0.15) is 43.4 Å². The predicted molar refractivity (Wildman–Crippen MR) is 142 cm³/mol. The van der Waals surface area contributed by atoms with E-state index in [2.05, 4.69) is 48.2 Å². The van der Waals surface area contributed by atoms with Gasteiger partial charge in [-0.25, -0.2) is 0 Å². The third-order valence-corrected chi connectivity index (χ3v) is 6.98. The Balaban J connectivity index is 1.52. The van der Waals surface area contributed by atoms with Crippen molar-refractivity contribution in [2.75, 3.05) is 26.2 Å². The summed E-state index contributed by atoms with van der Waals surface area (Å²) in [5.74, 6) is 0.0761. The molecule has 5 nitrogen and oxygen atoms in total. The second-order valence-electron chi connectivity index (χ2n) is 9.65. The lowest BCUT2D eigenvalue weighted by Gasteiger charge is -2.39. The molecule has 1 heterocycles. The molecule has 3 aromatic rings. The first-order valence-corrected chi connectivity index (χ1v) is 12.9. The molecule has 1 N–H and O–H groups in total. The monoisotopic (exact) mass is 487 g/mol. The van der Waals surface area contributed by atoms with Crippen LogP contribution in [-0.2, 0) is 19.9 Å². The quantitative estimate of drug-likeness (QED) is 0.321. The number of nitrogens with zero attached hydrogens (tertiary/aromatic N) is 1. The van der Waals surface area contributed by atoms with E-state index in [1.807, 2.05) is 61.5 Å². The van der Waals surface area contributed by atoms with E-state index < -0.39 is 11.7 Å². The van der Waals surface area contributed by atoms with Gasteiger partial charge in [-0.05, 0) is 23.1 Å². The highest BCUT2D eigenvalue weighted by Gasteiger charge is 2.38. The Bertz CT molecular complexity index is 977. The van der Waals surface area contributed by atoms with Crippen LogP contribution in [0.4, 0.5) is 0 Å². The first kappa shape index (κ1) is 26.1. The minimum Gasteiger partial charge on any atom is -0.462 e. The molecule has 0 aromatic heterocycles. The summed E-state index contributed by atoms with van der Waals surface area (Å²) in [6.45, 7) is 6.17. The maximum atomic E-state index is 11.7. The second-order valence-corrected chi connectivity index (χ2v) is 9.65. The number of rotatable bonds is 10. The third kappa shape index (κ3) is 6.04. The largest absolute Gasteiger partial charge is 0.462 e. The predicted octanol–water partition coefficient (Wildman–Crippen LogP) is 5.02. The van der Waals surface area contributed by atoms with Gasteiger partial charge in [-0.3, -0.25) is 4.79 Å². The van der Waals surface area contributed by atoms with Crippen molar-refractivity contribution in [1.29, 1.82) is 0 Å². The molecule has 0 amide bonds. The number of likely N-dealkylation sites (tertiary alicyclic amines) is 1. The van der Waals surface area contributed by atoms with Gasteiger partial charge in [0.1, 0.15) is 11.7 Å². The fourth-order valence-electron chi connectivity index (χ4n) is 5.14. The summed E-state index contributed by atoms with van der Waals surface area (Å²) < 4.78 is 12.4. The molecule has 0 bridgehead atoms. The third-order valence-electron chi connectivity index (χ3n) is 6.98. The molecule has 0 radical (unpaired) electrons. The molecule has 1 aliphatic rings. The van der Waals surface area contributed by atoms with Gasteiger partial charge in [-0.15, -0.1) is 0 Å². The average molecular weight is 488 g/mol. The second kappa shape index (κ2) is 12.3. The molecule has 1 aliphatic heterocycles. The highest BCUT2D eigenvalue weighted by Crippen LogP contribution is 2.40. The molecule has 0 spiro atoms. The fraction of sp³-hybridized carbons (Fsp3) is 0.387. The van der Waals surface area contributed by atoms with Crippen LogP contribution in [0.25, 0.3) is 0 Å². The topological polar surface area (TPSA) is 59.0 Å². The van der Waals surface area contributed by atoms with Gasteiger partial charge >= 0.3 is 5.97 Å². The van der Waals surface area contributed by atoms with E-state index in [9.17, 15) is 9.90 Å². The van der Waals surface area contributed by atoms with Gasteiger partial charge in [-0.1, -0.05) is 105 Å². The zero-order valence-electron chi connectivity index (χ0n) is 21.3. The Labute approximate surface area is 214 Å². The van der Waals surface area contributed by atoms with E-state index in [-0.39, 0.29) is 24.6 Å². The summed E-state index contributed by atoms with van der Waals surface area (Å²) in [6, 6.07) is 30.6. The summed E-state index contributed by atoms with van der Waals surface area (Å²) in [5, 5.41) is 11.1. The van der Waals surface area contributed by atoms with Gasteiger partial charge in [0.15, 0.2) is 0 Å². The molecule has 5 heteroatoms. The number of aliphatic hydroxyl groups is 1. The minimum atomic E-state index is -0.848. The number of aliphatic hydroxyl groups excluding tert-OH is 1. The molecule has 0 aliphatic carbocycles. The number of carbonyl (C=O) groups is 1. The molecule has 1 fully saturated rings. The zero-order valence-corrected chi connectivity index (χ0v) is 21.3. The van der Waals surface area contributed by atoms with Crippen LogP contribution in [0, 0.1) is 5.92 Å². The lowest BCUT2D eigenvalue weighted by Crippen LogP contribution is -2.47. The Kier molecular flexibility index (Phi) is 8.92. The average Bonchev–Trinajstić information content (AvgIpc) is 2.92. The van der Waals surface area contributed by atoms with Crippen molar-refractivity contribution in [3.05, 3.63) is 108 Å². The van der Waals surface area contributed by atoms with Crippen LogP contribution < -0.4 is 0 Å². The van der Waals surface area contributed by atoms with Crippen molar-refractivity contribution in [3.8, 4) is 0 Å². The van der Waals surface area contributed by atoms with Crippen molar-refractivity contribution in [3.63, 3.8) is 0 Å². The van der Waals surface area contributed by atoms with Crippen molar-refractivity contribution in [2.45, 2.75) is 44.5 Å². The molecule has 0 unspecified atom stereocenters. The lowest BCUT2D eigenvalue weighted by atomic mass is 9.80. The van der Waals surface area contributed by atoms with E-state index in [0.29, 0.717) is 13.0 Å². The van der Waals surface area contributed by atoms with E-state index in [0.717, 1.165) is 36.2 Å². The number of hydrogen-bond acceptors (Lipinski definition) is 5. The SMILES string of the molecule is CCC(=O)O[C@H]1CCN(C[C@H](O)COC(c2ccccc2)(c2ccccc2)c2ccccc2)C[C@@H]1C. The summed E-state index contributed by atoms with van der Waals surface area (Å²) >= 11 is 0. The highest BCUT2D eigenvalue weighted by atomic mass is 16.5. The number of hydrogen-bond donors (Lipinski definition) is 1. The number of β-amino-alcohol motifs (C(OH)–C–C–N with tert-alkyl or cyclic N) is 1. The molecule has 4 rings (SSSR count). The molecule has 0 saturated carbocycles. The van der Waals surface area contributed by atoms with Crippen molar-refractivity contribution in [1.82, 2.24) is 4.90 Å². The fourth-order valence-corrected chi connectivity index (χ4v) is 5.14. The van der Waals surface area contributed by atoms with Crippen molar-refractivity contribution in [2.24, 2.45) is 5.92 Å². The van der Waals surface area contributed by atoms with Crippen molar-refractivity contribution >= 4 is 5.97 Å². The van der Waals surface area contributed by atoms with Gasteiger partial charge in [0, 0.05) is 32.0 Å². The Morgan fingerprint density at radius 1 is 0.944 bits per heavy atom. The van der Waals surface area contributed by atoms with Crippen LogP contribution in [0.15, 0.2) is 91.0 Å². The first-order chi connectivity index (χ1) is 17.5. The van der Waals surface area contributed by atoms with Gasteiger partial charge in [0.05, 0.1) is 12.7 Å². The standard InChI is InChI=1S/C31H37NO4/c1-3-30(34)36-29-19-20-32(21-24(29)2)22-28(33)23-35-31(25-13-7-4-8-14-25,26-15-9-5-10-16-26)27-17-11-6-12-18-27/h4-18,24,28-29,33H,3,19-23H2,1-2H3/t24-,28-,29-/m0/s1. The van der Waals surface area contributed by atoms with E-state index in [1.165, 1.54) is 0 Å². The minimum absolute atomic E-state index is 0.0519. The molecule has 190 valence electrons. The zero-order chi connectivity index (χ0) is 25.4. The van der Waals surface area contributed by atoms with Crippen LogP contribution in [0.3, 0.4) is 0 Å². The van der Waals surface area contributed by atoms with Gasteiger partial charge in [0.25, 0.3) is 0 Å². The first-order valence-electron chi connectivity index (χ1n) is 12.9. The molecule has 3 atom stereocenters. The summed E-state index contributed by atoms with van der Waals surface area (Å²) in [5.41, 5.74) is 2.20. The number of ether oxygens (including phenoxy) is 2. The van der Waals surface area contributed by atoms with Crippen LogP contribution in [-0.4, -0.2) is 54.4 Å². The molecular formula is C31H37NO4. The number of piperidine rings is 1. The molecule has 36 heavy (non-hydrogen) atoms. The number of benzene rings is 3. The number of esters is 1. The van der Waals surface area contributed by atoms with Crippen LogP contribution >= 0.6 is 0 Å². The van der Waals surface area contributed by atoms with Gasteiger partial charge < -0.3 is 19.5 Å². The Hall–Kier alpha value is -2.99. The summed E-state index contributed by atoms with van der Waals surface area (Å²) in [7, 11) is 0. The summed E-state index contributed by atoms with van der Waals surface area (Å²) in [6.07, 6.45) is 0.462. The smallest absolute Gasteiger partial charge is 0.305 e. The maximum absolute atomic E-state index is 11.7. The molecule has 1 saturated heterocycles. The number of carbonyl (C=O) groups excluding carboxylic acids is 1. The maximum Gasteiger partial charge on any atom is 0.305 e. The van der Waals surface area contributed by atoms with E-state index in [4.69, 9.17) is 9.47 Å². The van der Waals surface area contributed by atoms with Crippen LogP contribution in [0.5, 0.6) is 0 Å². The highest BCUT2D eigenvalue weighted by molar-refractivity contribution is 5.69. The molecule has 3 aromatic carbocycles. The summed E-state index contributed by atoms with van der Waals surface area (Å²) in [4.78, 5) is 14.0. The Morgan fingerprint density at radius 2 is 1.44 bits per heavy atom. The van der Waals surface area contributed by atoms with Gasteiger partial charge in [0.2, 0.25) is 0 Å². The molecular weight excluding hydrogens is 450 g/mol. The normalized spacial score (nSPS) is 19.5. The van der Waals surface area contributed by atoms with E-state index in [1.54, 1.807) is 0 Å².